The lowest BCUT2D eigenvalue weighted by Crippen LogP contribution is -2.27. The molecule has 0 aromatic heterocycles. The van der Waals surface area contributed by atoms with Gasteiger partial charge < -0.3 is 4.74 Å². The van der Waals surface area contributed by atoms with Crippen molar-refractivity contribution in [3.8, 4) is 6.07 Å². The summed E-state index contributed by atoms with van der Waals surface area (Å²) in [7, 11) is 0. The van der Waals surface area contributed by atoms with Gasteiger partial charge in [-0.1, -0.05) is 37.5 Å². The number of carbonyl (C=O) groups is 1. The van der Waals surface area contributed by atoms with Gasteiger partial charge in [-0.2, -0.15) is 5.26 Å². The molecule has 0 aliphatic heterocycles. The van der Waals surface area contributed by atoms with E-state index >= 15 is 0 Å². The minimum absolute atomic E-state index is 0.205. The summed E-state index contributed by atoms with van der Waals surface area (Å²) in [6.07, 6.45) is 4.86. The molecule has 1 fully saturated rings. The average molecular weight is 243 g/mol. The van der Waals surface area contributed by atoms with Crippen LogP contribution in [-0.2, 0) is 4.74 Å². The summed E-state index contributed by atoms with van der Waals surface area (Å²) < 4.78 is 5.33. The molecule has 0 amide bonds. The first-order valence-corrected chi connectivity index (χ1v) is 6.47. The van der Waals surface area contributed by atoms with Gasteiger partial charge in [0.15, 0.2) is 6.10 Å². The molecule has 1 aliphatic carbocycles. The van der Waals surface area contributed by atoms with Crippen molar-refractivity contribution in [2.45, 2.75) is 38.2 Å². The Bertz CT molecular complexity index is 430. The summed E-state index contributed by atoms with van der Waals surface area (Å²) in [5.74, 6) is -0.191. The zero-order chi connectivity index (χ0) is 12.8. The van der Waals surface area contributed by atoms with Crippen molar-refractivity contribution >= 4 is 5.97 Å². The van der Waals surface area contributed by atoms with Crippen LogP contribution in [0.15, 0.2) is 30.3 Å². The van der Waals surface area contributed by atoms with E-state index in [2.05, 4.69) is 6.07 Å². The molecule has 1 aromatic rings. The average Bonchev–Trinajstić information content (AvgIpc) is 2.46. The molecule has 1 aliphatic rings. The maximum atomic E-state index is 11.9. The summed E-state index contributed by atoms with van der Waals surface area (Å²) in [6.45, 7) is 0. The van der Waals surface area contributed by atoms with Crippen LogP contribution in [0.2, 0.25) is 0 Å². The first-order chi connectivity index (χ1) is 8.81. The van der Waals surface area contributed by atoms with Gasteiger partial charge in [0, 0.05) is 5.92 Å². The van der Waals surface area contributed by atoms with Crippen LogP contribution >= 0.6 is 0 Å². The van der Waals surface area contributed by atoms with Gasteiger partial charge >= 0.3 is 5.97 Å². The molecule has 0 spiro atoms. The van der Waals surface area contributed by atoms with E-state index in [1.165, 1.54) is 6.42 Å². The topological polar surface area (TPSA) is 50.1 Å². The monoisotopic (exact) mass is 243 g/mol. The first kappa shape index (κ1) is 12.6. The van der Waals surface area contributed by atoms with Crippen molar-refractivity contribution in [3.63, 3.8) is 0 Å². The van der Waals surface area contributed by atoms with Crippen molar-refractivity contribution in [1.29, 1.82) is 5.26 Å². The summed E-state index contributed by atoms with van der Waals surface area (Å²) >= 11 is 0. The molecule has 0 saturated heterocycles. The molecular weight excluding hydrogens is 226 g/mol. The number of carbonyl (C=O) groups excluding carboxylic acids is 1. The maximum Gasteiger partial charge on any atom is 0.339 e. The molecule has 1 unspecified atom stereocenters. The Labute approximate surface area is 107 Å². The summed E-state index contributed by atoms with van der Waals surface area (Å²) in [5.41, 5.74) is 0.508. The van der Waals surface area contributed by atoms with E-state index in [-0.39, 0.29) is 5.92 Å². The lowest BCUT2D eigenvalue weighted by atomic mass is 9.85. The molecular formula is C15H17NO2. The highest BCUT2D eigenvalue weighted by Crippen LogP contribution is 2.28. The van der Waals surface area contributed by atoms with Gasteiger partial charge in [0.05, 0.1) is 5.56 Å². The van der Waals surface area contributed by atoms with Crippen LogP contribution in [0.5, 0.6) is 0 Å². The molecule has 3 nitrogen and oxygen atoms in total. The van der Waals surface area contributed by atoms with Crippen LogP contribution in [0, 0.1) is 17.2 Å². The Morgan fingerprint density at radius 2 is 1.89 bits per heavy atom. The van der Waals surface area contributed by atoms with Gasteiger partial charge in [-0.05, 0) is 25.0 Å². The molecule has 1 saturated carbocycles. The van der Waals surface area contributed by atoms with Crippen molar-refractivity contribution in [2.24, 2.45) is 5.92 Å². The van der Waals surface area contributed by atoms with Crippen molar-refractivity contribution in [2.75, 3.05) is 0 Å². The Kier molecular flexibility index (Phi) is 4.35. The Morgan fingerprint density at radius 1 is 1.22 bits per heavy atom. The molecule has 94 valence electrons. The van der Waals surface area contributed by atoms with E-state index in [0.717, 1.165) is 25.7 Å². The van der Waals surface area contributed by atoms with Gasteiger partial charge in [0.2, 0.25) is 0 Å². The van der Waals surface area contributed by atoms with Crippen molar-refractivity contribution < 1.29 is 9.53 Å². The third kappa shape index (κ3) is 3.10. The number of nitriles is 1. The highest BCUT2D eigenvalue weighted by atomic mass is 16.5. The number of benzene rings is 1. The van der Waals surface area contributed by atoms with Crippen LogP contribution in [0.4, 0.5) is 0 Å². The predicted molar refractivity (Wildman–Crippen MR) is 67.8 cm³/mol. The largest absolute Gasteiger partial charge is 0.443 e. The van der Waals surface area contributed by atoms with E-state index in [1.54, 1.807) is 24.3 Å². The van der Waals surface area contributed by atoms with E-state index in [0.29, 0.717) is 5.56 Å². The SMILES string of the molecule is N#CC(OC(=O)c1ccccc1)C1CCCCC1. The number of hydrogen-bond acceptors (Lipinski definition) is 3. The Morgan fingerprint density at radius 3 is 2.50 bits per heavy atom. The van der Waals surface area contributed by atoms with E-state index in [9.17, 15) is 4.79 Å². The zero-order valence-corrected chi connectivity index (χ0v) is 10.3. The molecule has 0 radical (unpaired) electrons. The molecule has 2 rings (SSSR count). The lowest BCUT2D eigenvalue weighted by Gasteiger charge is -2.25. The third-order valence-electron chi connectivity index (χ3n) is 3.45. The molecule has 0 heterocycles. The number of nitrogens with zero attached hydrogens (tertiary/aromatic N) is 1. The van der Waals surface area contributed by atoms with Crippen LogP contribution in [-0.4, -0.2) is 12.1 Å². The summed E-state index contributed by atoms with van der Waals surface area (Å²) in [6, 6.07) is 11.0. The fraction of sp³-hybridized carbons (Fsp3) is 0.467. The molecule has 1 atom stereocenters. The highest BCUT2D eigenvalue weighted by Gasteiger charge is 2.26. The fourth-order valence-electron chi connectivity index (χ4n) is 2.42. The molecule has 0 N–H and O–H groups in total. The van der Waals surface area contributed by atoms with Gasteiger partial charge in [-0.25, -0.2) is 4.79 Å². The number of rotatable bonds is 3. The second kappa shape index (κ2) is 6.20. The maximum absolute atomic E-state index is 11.9. The smallest absolute Gasteiger partial charge is 0.339 e. The van der Waals surface area contributed by atoms with Gasteiger partial charge in [-0.15, -0.1) is 0 Å². The zero-order valence-electron chi connectivity index (χ0n) is 10.3. The van der Waals surface area contributed by atoms with E-state index in [1.807, 2.05) is 6.07 Å². The van der Waals surface area contributed by atoms with E-state index in [4.69, 9.17) is 10.00 Å². The second-order valence-electron chi connectivity index (χ2n) is 4.72. The van der Waals surface area contributed by atoms with Gasteiger partial charge in [0.1, 0.15) is 6.07 Å². The summed E-state index contributed by atoms with van der Waals surface area (Å²) in [4.78, 5) is 11.9. The first-order valence-electron chi connectivity index (χ1n) is 6.47. The quantitative estimate of drug-likeness (QED) is 0.765. The fourth-order valence-corrected chi connectivity index (χ4v) is 2.42. The Balaban J connectivity index is 1.98. The Hall–Kier alpha value is -1.82. The standard InChI is InChI=1S/C15H17NO2/c16-11-14(12-7-3-1-4-8-12)18-15(17)13-9-5-2-6-10-13/h2,5-6,9-10,12,14H,1,3-4,7-8H2. The number of esters is 1. The number of ether oxygens (including phenoxy) is 1. The second-order valence-corrected chi connectivity index (χ2v) is 4.72. The van der Waals surface area contributed by atoms with Gasteiger partial charge in [0.25, 0.3) is 0 Å². The molecule has 18 heavy (non-hydrogen) atoms. The minimum Gasteiger partial charge on any atom is -0.443 e. The number of hydrogen-bond donors (Lipinski definition) is 0. The van der Waals surface area contributed by atoms with Crippen molar-refractivity contribution in [1.82, 2.24) is 0 Å². The van der Waals surface area contributed by atoms with Crippen LogP contribution in [0.3, 0.4) is 0 Å². The minimum atomic E-state index is -0.599. The van der Waals surface area contributed by atoms with Crippen molar-refractivity contribution in [3.05, 3.63) is 35.9 Å². The van der Waals surface area contributed by atoms with Crippen LogP contribution in [0.1, 0.15) is 42.5 Å². The van der Waals surface area contributed by atoms with E-state index < -0.39 is 12.1 Å². The van der Waals surface area contributed by atoms with Crippen LogP contribution < -0.4 is 0 Å². The molecule has 1 aromatic carbocycles. The summed E-state index contributed by atoms with van der Waals surface area (Å²) in [5, 5.41) is 9.15. The highest BCUT2D eigenvalue weighted by molar-refractivity contribution is 5.89. The predicted octanol–water partition coefficient (Wildman–Crippen LogP) is 3.32. The lowest BCUT2D eigenvalue weighted by molar-refractivity contribution is 0.0247. The molecule has 0 bridgehead atoms. The third-order valence-corrected chi connectivity index (χ3v) is 3.45. The normalized spacial score (nSPS) is 17.7. The van der Waals surface area contributed by atoms with Gasteiger partial charge in [-0.3, -0.25) is 0 Å². The van der Waals surface area contributed by atoms with Crippen LogP contribution in [0.25, 0.3) is 0 Å². The molecule has 3 heteroatoms.